The maximum absolute atomic E-state index is 10.7. The van der Waals surface area contributed by atoms with Crippen molar-refractivity contribution in [1.29, 1.82) is 0 Å². The van der Waals surface area contributed by atoms with Gasteiger partial charge >= 0.3 is 5.97 Å². The molecule has 20 heavy (non-hydrogen) atoms. The van der Waals surface area contributed by atoms with Crippen LogP contribution in [0, 0.1) is 10.1 Å². The van der Waals surface area contributed by atoms with Crippen LogP contribution in [-0.4, -0.2) is 21.1 Å². The van der Waals surface area contributed by atoms with Crippen LogP contribution in [-0.2, 0) is 0 Å². The van der Waals surface area contributed by atoms with Gasteiger partial charge in [-0.25, -0.2) is 4.79 Å². The van der Waals surface area contributed by atoms with Crippen molar-refractivity contribution in [2.75, 3.05) is 0 Å². The highest BCUT2D eigenvalue weighted by molar-refractivity contribution is 7.99. The quantitative estimate of drug-likeness (QED) is 0.663. The Bertz CT molecular complexity index is 669. The molecule has 6 nitrogen and oxygen atoms in total. The zero-order valence-electron chi connectivity index (χ0n) is 10.0. The first-order valence-corrected chi connectivity index (χ1v) is 6.27. The van der Waals surface area contributed by atoms with Gasteiger partial charge in [-0.3, -0.25) is 10.1 Å². The summed E-state index contributed by atoms with van der Waals surface area (Å²) in [6.07, 6.45) is 0. The molecule has 0 amide bonds. The molecule has 0 aromatic heterocycles. The van der Waals surface area contributed by atoms with Gasteiger partial charge in [-0.15, -0.1) is 0 Å². The zero-order valence-corrected chi connectivity index (χ0v) is 10.8. The van der Waals surface area contributed by atoms with E-state index >= 15 is 0 Å². The van der Waals surface area contributed by atoms with E-state index in [4.69, 9.17) is 5.11 Å². The molecule has 2 aromatic carbocycles. The van der Waals surface area contributed by atoms with Crippen molar-refractivity contribution >= 4 is 23.4 Å². The summed E-state index contributed by atoms with van der Waals surface area (Å²) in [5.41, 5.74) is -0.0182. The SMILES string of the molecule is O=C(O)c1ccc(Sc2ccc([N+](=O)[O-])cc2O)cc1. The molecule has 0 bridgehead atoms. The normalized spacial score (nSPS) is 10.2. The Labute approximate surface area is 117 Å². The van der Waals surface area contributed by atoms with E-state index in [0.717, 1.165) is 11.0 Å². The van der Waals surface area contributed by atoms with Gasteiger partial charge < -0.3 is 10.2 Å². The third-order valence-electron chi connectivity index (χ3n) is 2.48. The predicted octanol–water partition coefficient (Wildman–Crippen LogP) is 3.15. The molecule has 0 aliphatic carbocycles. The van der Waals surface area contributed by atoms with E-state index in [-0.39, 0.29) is 17.0 Å². The lowest BCUT2D eigenvalue weighted by Crippen LogP contribution is -1.94. The summed E-state index contributed by atoms with van der Waals surface area (Å²) in [7, 11) is 0. The van der Waals surface area contributed by atoms with Crippen LogP contribution in [0.5, 0.6) is 5.75 Å². The van der Waals surface area contributed by atoms with Crippen LogP contribution in [0.15, 0.2) is 52.3 Å². The van der Waals surface area contributed by atoms with Crippen LogP contribution in [0.4, 0.5) is 5.69 Å². The zero-order chi connectivity index (χ0) is 14.7. The highest BCUT2D eigenvalue weighted by Crippen LogP contribution is 2.36. The second kappa shape index (κ2) is 5.62. The number of hydrogen-bond acceptors (Lipinski definition) is 5. The summed E-state index contributed by atoms with van der Waals surface area (Å²) in [6.45, 7) is 0. The van der Waals surface area contributed by atoms with Gasteiger partial charge in [0.15, 0.2) is 0 Å². The average molecular weight is 291 g/mol. The molecule has 2 rings (SSSR count). The van der Waals surface area contributed by atoms with Crippen LogP contribution in [0.2, 0.25) is 0 Å². The molecule has 2 N–H and O–H groups in total. The molecule has 0 heterocycles. The third-order valence-corrected chi connectivity index (χ3v) is 3.56. The van der Waals surface area contributed by atoms with Crippen molar-refractivity contribution in [2.45, 2.75) is 9.79 Å². The van der Waals surface area contributed by atoms with E-state index in [9.17, 15) is 20.0 Å². The summed E-state index contributed by atoms with van der Waals surface area (Å²) < 4.78 is 0. The maximum atomic E-state index is 10.7. The Morgan fingerprint density at radius 3 is 2.30 bits per heavy atom. The Kier molecular flexibility index (Phi) is 3.90. The number of carboxylic acid groups (broad SMARTS) is 1. The number of rotatable bonds is 4. The first-order valence-electron chi connectivity index (χ1n) is 5.46. The summed E-state index contributed by atoms with van der Waals surface area (Å²) in [4.78, 5) is 21.9. The largest absolute Gasteiger partial charge is 0.507 e. The Morgan fingerprint density at radius 2 is 1.80 bits per heavy atom. The van der Waals surface area contributed by atoms with Crippen molar-refractivity contribution in [2.24, 2.45) is 0 Å². The maximum Gasteiger partial charge on any atom is 0.335 e. The van der Waals surface area contributed by atoms with Crippen LogP contribution >= 0.6 is 11.8 Å². The number of carboxylic acids is 1. The molecule has 0 unspecified atom stereocenters. The van der Waals surface area contributed by atoms with Gasteiger partial charge in [0.25, 0.3) is 5.69 Å². The highest BCUT2D eigenvalue weighted by Gasteiger charge is 2.11. The van der Waals surface area contributed by atoms with Crippen LogP contribution in [0.1, 0.15) is 10.4 Å². The lowest BCUT2D eigenvalue weighted by Gasteiger charge is -2.04. The smallest absolute Gasteiger partial charge is 0.335 e. The summed E-state index contributed by atoms with van der Waals surface area (Å²) in [6, 6.07) is 9.94. The molecular weight excluding hydrogens is 282 g/mol. The van der Waals surface area contributed by atoms with Crippen molar-refractivity contribution in [3.63, 3.8) is 0 Å². The molecule has 0 spiro atoms. The van der Waals surface area contributed by atoms with Gasteiger partial charge in [-0.05, 0) is 30.3 Å². The molecule has 0 saturated heterocycles. The van der Waals surface area contributed by atoms with Crippen LogP contribution in [0.25, 0.3) is 0 Å². The number of nitro groups is 1. The number of nitrogens with zero attached hydrogens (tertiary/aromatic N) is 1. The number of aromatic carboxylic acids is 1. The summed E-state index contributed by atoms with van der Waals surface area (Å²) in [5.74, 6) is -1.20. The molecule has 0 saturated carbocycles. The molecule has 0 fully saturated rings. The first kappa shape index (κ1) is 13.9. The second-order valence-corrected chi connectivity index (χ2v) is 4.96. The molecular formula is C13H9NO5S. The molecule has 2 aromatic rings. The monoisotopic (exact) mass is 291 g/mol. The lowest BCUT2D eigenvalue weighted by atomic mass is 10.2. The lowest BCUT2D eigenvalue weighted by molar-refractivity contribution is -0.385. The minimum atomic E-state index is -1.01. The number of aromatic hydroxyl groups is 1. The van der Waals surface area contributed by atoms with E-state index in [0.29, 0.717) is 4.90 Å². The van der Waals surface area contributed by atoms with Crippen molar-refractivity contribution < 1.29 is 19.9 Å². The third kappa shape index (κ3) is 3.07. The predicted molar refractivity (Wildman–Crippen MR) is 72.3 cm³/mol. The van der Waals surface area contributed by atoms with Gasteiger partial charge in [0.1, 0.15) is 5.75 Å². The molecule has 0 aliphatic rings. The van der Waals surface area contributed by atoms with E-state index in [1.54, 1.807) is 12.1 Å². The number of benzene rings is 2. The number of phenols is 1. The number of phenolic OH excluding ortho intramolecular Hbond substituents is 1. The standard InChI is InChI=1S/C13H9NO5S/c15-11-7-9(14(18)19)3-6-12(11)20-10-4-1-8(2-5-10)13(16)17/h1-7,15H,(H,16,17). The first-order chi connectivity index (χ1) is 9.47. The number of carbonyl (C=O) groups is 1. The Morgan fingerprint density at radius 1 is 1.15 bits per heavy atom. The van der Waals surface area contributed by atoms with E-state index < -0.39 is 10.9 Å². The van der Waals surface area contributed by atoms with Gasteiger partial charge in [-0.2, -0.15) is 0 Å². The van der Waals surface area contributed by atoms with Gasteiger partial charge in [-0.1, -0.05) is 11.8 Å². The van der Waals surface area contributed by atoms with Crippen molar-refractivity contribution in [3.05, 3.63) is 58.1 Å². The molecule has 0 atom stereocenters. The van der Waals surface area contributed by atoms with Crippen LogP contribution in [0.3, 0.4) is 0 Å². The van der Waals surface area contributed by atoms with Crippen LogP contribution < -0.4 is 0 Å². The molecule has 0 radical (unpaired) electrons. The fourth-order valence-electron chi connectivity index (χ4n) is 1.50. The van der Waals surface area contributed by atoms with E-state index in [1.807, 2.05) is 0 Å². The Hall–Kier alpha value is -2.54. The fourth-order valence-corrected chi connectivity index (χ4v) is 2.32. The average Bonchev–Trinajstić information content (AvgIpc) is 2.41. The van der Waals surface area contributed by atoms with Gasteiger partial charge in [0.2, 0.25) is 0 Å². The number of nitro benzene ring substituents is 1. The fraction of sp³-hybridized carbons (Fsp3) is 0. The van der Waals surface area contributed by atoms with Gasteiger partial charge in [0.05, 0.1) is 21.4 Å². The summed E-state index contributed by atoms with van der Waals surface area (Å²) in [5, 5.41) is 29.1. The number of non-ortho nitro benzene ring substituents is 1. The topological polar surface area (TPSA) is 101 Å². The highest BCUT2D eigenvalue weighted by atomic mass is 32.2. The number of hydrogen-bond donors (Lipinski definition) is 2. The van der Waals surface area contributed by atoms with E-state index in [2.05, 4.69) is 0 Å². The second-order valence-electron chi connectivity index (χ2n) is 3.84. The van der Waals surface area contributed by atoms with E-state index in [1.165, 1.54) is 36.0 Å². The minimum absolute atomic E-state index is 0.169. The van der Waals surface area contributed by atoms with Crippen molar-refractivity contribution in [1.82, 2.24) is 0 Å². The minimum Gasteiger partial charge on any atom is -0.507 e. The van der Waals surface area contributed by atoms with Gasteiger partial charge in [0, 0.05) is 11.0 Å². The summed E-state index contributed by atoms with van der Waals surface area (Å²) >= 11 is 1.19. The van der Waals surface area contributed by atoms with Crippen molar-refractivity contribution in [3.8, 4) is 5.75 Å². The molecule has 0 aliphatic heterocycles. The Balaban J connectivity index is 2.21. The molecule has 7 heteroatoms. The molecule has 102 valence electrons.